The van der Waals surface area contributed by atoms with Crippen molar-refractivity contribution in [3.63, 3.8) is 0 Å². The minimum Gasteiger partial charge on any atom is -0.313 e. The molecule has 1 unspecified atom stereocenters. The highest BCUT2D eigenvalue weighted by Gasteiger charge is 2.27. The van der Waals surface area contributed by atoms with Crippen molar-refractivity contribution in [3.05, 3.63) is 5.82 Å². The lowest BCUT2D eigenvalue weighted by Gasteiger charge is -2.11. The molecule has 2 rings (SSSR count). The zero-order valence-corrected chi connectivity index (χ0v) is 11.5. The van der Waals surface area contributed by atoms with E-state index < -0.39 is 0 Å². The lowest BCUT2D eigenvalue weighted by Crippen LogP contribution is -2.29. The summed E-state index contributed by atoms with van der Waals surface area (Å²) in [5.41, 5.74) is 0. The summed E-state index contributed by atoms with van der Waals surface area (Å²) in [6.07, 6.45) is 3.77. The molecule has 1 N–H and O–H groups in total. The van der Waals surface area contributed by atoms with Crippen LogP contribution in [0.1, 0.15) is 32.5 Å². The van der Waals surface area contributed by atoms with Crippen LogP contribution < -0.4 is 5.32 Å². The van der Waals surface area contributed by atoms with E-state index in [1.165, 1.54) is 24.4 Å². The van der Waals surface area contributed by atoms with Gasteiger partial charge in [0.15, 0.2) is 4.34 Å². The van der Waals surface area contributed by atoms with Gasteiger partial charge in [-0.25, -0.2) is 4.98 Å². The smallest absolute Gasteiger partial charge is 0.170 e. The third-order valence-electron chi connectivity index (χ3n) is 2.89. The summed E-state index contributed by atoms with van der Waals surface area (Å²) in [4.78, 5) is 4.44. The molecule has 1 aliphatic carbocycles. The van der Waals surface area contributed by atoms with E-state index in [1.54, 1.807) is 0 Å². The van der Waals surface area contributed by atoms with E-state index in [9.17, 15) is 0 Å². The summed E-state index contributed by atoms with van der Waals surface area (Å²) < 4.78 is 5.39. The minimum atomic E-state index is 0.696. The molecule has 0 aromatic carbocycles. The van der Waals surface area contributed by atoms with E-state index >= 15 is 0 Å². The van der Waals surface area contributed by atoms with Crippen molar-refractivity contribution in [1.29, 1.82) is 0 Å². The van der Waals surface area contributed by atoms with Crippen LogP contribution in [-0.4, -0.2) is 27.7 Å². The molecule has 1 atom stereocenters. The molecule has 0 amide bonds. The quantitative estimate of drug-likeness (QED) is 0.602. The van der Waals surface area contributed by atoms with Gasteiger partial charge in [-0.3, -0.25) is 0 Å². The van der Waals surface area contributed by atoms with Crippen LogP contribution in [0.2, 0.25) is 0 Å². The minimum absolute atomic E-state index is 0.696. The molecule has 0 saturated heterocycles. The van der Waals surface area contributed by atoms with Crippen molar-refractivity contribution in [2.75, 3.05) is 12.3 Å². The number of hydrogen-bond donors (Lipinski definition) is 1. The van der Waals surface area contributed by atoms with Crippen molar-refractivity contribution in [2.24, 2.45) is 5.92 Å². The van der Waals surface area contributed by atoms with Gasteiger partial charge in [0.25, 0.3) is 0 Å². The number of rotatable bonds is 7. The lowest BCUT2D eigenvalue weighted by atomic mass is 10.2. The van der Waals surface area contributed by atoms with E-state index in [-0.39, 0.29) is 0 Å². The number of hydrogen-bond acceptors (Lipinski definition) is 5. The first kappa shape index (κ1) is 12.3. The molecular formula is C11H19N3S2. The molecule has 1 saturated carbocycles. The average Bonchev–Trinajstić information content (AvgIpc) is 3.04. The first-order valence-electron chi connectivity index (χ1n) is 5.98. The molecule has 1 aliphatic rings. The van der Waals surface area contributed by atoms with Crippen molar-refractivity contribution in [1.82, 2.24) is 14.7 Å². The highest BCUT2D eigenvalue weighted by molar-refractivity contribution is 8.00. The maximum Gasteiger partial charge on any atom is 0.170 e. The van der Waals surface area contributed by atoms with Gasteiger partial charge in [-0.2, -0.15) is 4.37 Å². The standard InChI is InChI=1S/C11H19N3S2/c1-3-10-13-11(16-14-10)15-7-6-12-8(2)9-4-5-9/h8-9,12H,3-7H2,1-2H3. The Hall–Kier alpha value is -0.130. The fourth-order valence-corrected chi connectivity index (χ4v) is 3.26. The van der Waals surface area contributed by atoms with Crippen LogP contribution in [0.15, 0.2) is 4.34 Å². The van der Waals surface area contributed by atoms with Crippen LogP contribution in [0, 0.1) is 5.92 Å². The topological polar surface area (TPSA) is 37.8 Å². The summed E-state index contributed by atoms with van der Waals surface area (Å²) in [5, 5.41) is 3.57. The molecule has 0 radical (unpaired) electrons. The maximum atomic E-state index is 4.44. The molecule has 0 bridgehead atoms. The molecule has 1 aromatic rings. The van der Waals surface area contributed by atoms with Crippen molar-refractivity contribution in [3.8, 4) is 0 Å². The van der Waals surface area contributed by atoms with Crippen LogP contribution >= 0.6 is 23.3 Å². The Bertz CT molecular complexity index is 323. The number of aryl methyl sites for hydroxylation is 1. The fraction of sp³-hybridized carbons (Fsp3) is 0.818. The molecule has 5 heteroatoms. The summed E-state index contributed by atoms with van der Waals surface area (Å²) in [6.45, 7) is 5.46. The lowest BCUT2D eigenvalue weighted by molar-refractivity contribution is 0.514. The van der Waals surface area contributed by atoms with Crippen LogP contribution in [0.5, 0.6) is 0 Å². The van der Waals surface area contributed by atoms with Crippen LogP contribution in [-0.2, 0) is 6.42 Å². The monoisotopic (exact) mass is 257 g/mol. The average molecular weight is 257 g/mol. The van der Waals surface area contributed by atoms with Gasteiger partial charge in [0, 0.05) is 24.8 Å². The summed E-state index contributed by atoms with van der Waals surface area (Å²) in [5.74, 6) is 3.01. The molecule has 1 fully saturated rings. The van der Waals surface area contributed by atoms with Gasteiger partial charge in [0.05, 0.1) is 0 Å². The van der Waals surface area contributed by atoms with Crippen molar-refractivity contribution in [2.45, 2.75) is 43.5 Å². The second-order valence-electron chi connectivity index (χ2n) is 4.26. The zero-order chi connectivity index (χ0) is 11.4. The molecule has 90 valence electrons. The fourth-order valence-electron chi connectivity index (χ4n) is 1.63. The maximum absolute atomic E-state index is 4.44. The van der Waals surface area contributed by atoms with Crippen LogP contribution in [0.3, 0.4) is 0 Å². The van der Waals surface area contributed by atoms with Gasteiger partial charge in [0.2, 0.25) is 0 Å². The van der Waals surface area contributed by atoms with Gasteiger partial charge >= 0.3 is 0 Å². The Morgan fingerprint density at radius 3 is 3.00 bits per heavy atom. The summed E-state index contributed by atoms with van der Waals surface area (Å²) in [7, 11) is 0. The van der Waals surface area contributed by atoms with E-state index in [0.29, 0.717) is 6.04 Å². The van der Waals surface area contributed by atoms with Gasteiger partial charge in [-0.1, -0.05) is 18.7 Å². The summed E-state index contributed by atoms with van der Waals surface area (Å²) >= 11 is 3.34. The van der Waals surface area contributed by atoms with E-state index in [2.05, 4.69) is 28.5 Å². The normalized spacial score (nSPS) is 17.6. The zero-order valence-electron chi connectivity index (χ0n) is 9.90. The second kappa shape index (κ2) is 5.98. The van der Waals surface area contributed by atoms with Gasteiger partial charge in [0.1, 0.15) is 5.82 Å². The van der Waals surface area contributed by atoms with E-state index in [1.807, 2.05) is 11.8 Å². The number of thioether (sulfide) groups is 1. The number of aromatic nitrogens is 2. The molecule has 3 nitrogen and oxygen atoms in total. The SMILES string of the molecule is CCc1nsc(SCCNC(C)C2CC2)n1. The molecular weight excluding hydrogens is 238 g/mol. The van der Waals surface area contributed by atoms with Gasteiger partial charge < -0.3 is 5.32 Å². The molecule has 0 aliphatic heterocycles. The Morgan fingerprint density at radius 2 is 2.38 bits per heavy atom. The molecule has 1 heterocycles. The highest BCUT2D eigenvalue weighted by Crippen LogP contribution is 2.32. The Balaban J connectivity index is 1.60. The van der Waals surface area contributed by atoms with Crippen molar-refractivity contribution < 1.29 is 0 Å². The first-order valence-corrected chi connectivity index (χ1v) is 7.74. The predicted molar refractivity (Wildman–Crippen MR) is 70.2 cm³/mol. The largest absolute Gasteiger partial charge is 0.313 e. The highest BCUT2D eigenvalue weighted by atomic mass is 32.2. The molecule has 1 aromatic heterocycles. The van der Waals surface area contributed by atoms with Crippen molar-refractivity contribution >= 4 is 23.3 Å². The van der Waals surface area contributed by atoms with E-state index in [0.717, 1.165) is 34.8 Å². The Labute approximate surface area is 106 Å². The van der Waals surface area contributed by atoms with E-state index in [4.69, 9.17) is 0 Å². The first-order chi connectivity index (χ1) is 7.79. The summed E-state index contributed by atoms with van der Waals surface area (Å²) in [6, 6.07) is 0.696. The number of nitrogens with zero attached hydrogens (tertiary/aromatic N) is 2. The van der Waals surface area contributed by atoms with Crippen LogP contribution in [0.25, 0.3) is 0 Å². The molecule has 0 spiro atoms. The van der Waals surface area contributed by atoms with Crippen LogP contribution in [0.4, 0.5) is 0 Å². The number of nitrogens with one attached hydrogen (secondary N) is 1. The second-order valence-corrected chi connectivity index (χ2v) is 6.35. The third kappa shape index (κ3) is 3.71. The van der Waals surface area contributed by atoms with Gasteiger partial charge in [-0.15, -0.1) is 0 Å². The third-order valence-corrected chi connectivity index (χ3v) is 4.76. The van der Waals surface area contributed by atoms with Gasteiger partial charge in [-0.05, 0) is 37.2 Å². The Kier molecular flexibility index (Phi) is 4.61. The Morgan fingerprint density at radius 1 is 1.56 bits per heavy atom. The molecule has 16 heavy (non-hydrogen) atoms. The predicted octanol–water partition coefficient (Wildman–Crippen LogP) is 2.58.